The van der Waals surface area contributed by atoms with Crippen LogP contribution in [0.25, 0.3) is 0 Å². The van der Waals surface area contributed by atoms with E-state index in [9.17, 15) is 14.4 Å². The largest absolute Gasteiger partial charge is 0.457 e. The van der Waals surface area contributed by atoms with Gasteiger partial charge in [-0.3, -0.25) is 14.5 Å². The van der Waals surface area contributed by atoms with Gasteiger partial charge in [-0.05, 0) is 42.7 Å². The molecule has 2 fully saturated rings. The van der Waals surface area contributed by atoms with Gasteiger partial charge < -0.3 is 15.4 Å². The zero-order chi connectivity index (χ0) is 21.6. The molecule has 31 heavy (non-hydrogen) atoms. The number of benzene rings is 2. The molecule has 7 nitrogen and oxygen atoms in total. The van der Waals surface area contributed by atoms with E-state index in [1.807, 2.05) is 54.6 Å². The molecule has 0 radical (unpaired) electrons. The highest BCUT2D eigenvalue weighted by Gasteiger charge is 2.34. The maximum absolute atomic E-state index is 12.6. The van der Waals surface area contributed by atoms with Crippen molar-refractivity contribution in [2.75, 3.05) is 6.54 Å². The van der Waals surface area contributed by atoms with E-state index in [1.165, 1.54) is 6.42 Å². The second kappa shape index (κ2) is 9.64. The number of rotatable bonds is 6. The van der Waals surface area contributed by atoms with Crippen LogP contribution in [-0.4, -0.2) is 35.3 Å². The number of amides is 4. The third-order valence-electron chi connectivity index (χ3n) is 5.73. The summed E-state index contributed by atoms with van der Waals surface area (Å²) in [4.78, 5) is 38.6. The Hall–Kier alpha value is -3.35. The van der Waals surface area contributed by atoms with Crippen LogP contribution in [0.3, 0.4) is 0 Å². The minimum Gasteiger partial charge on any atom is -0.457 e. The molecule has 7 heteroatoms. The Morgan fingerprint density at radius 3 is 2.48 bits per heavy atom. The van der Waals surface area contributed by atoms with Gasteiger partial charge in [-0.2, -0.15) is 0 Å². The molecule has 4 rings (SSSR count). The van der Waals surface area contributed by atoms with E-state index in [-0.39, 0.29) is 30.8 Å². The Bertz CT molecular complexity index is 923. The van der Waals surface area contributed by atoms with Crippen molar-refractivity contribution in [1.29, 1.82) is 0 Å². The summed E-state index contributed by atoms with van der Waals surface area (Å²) >= 11 is 0. The van der Waals surface area contributed by atoms with Crippen molar-refractivity contribution < 1.29 is 19.1 Å². The standard InChI is InChI=1S/C24H27N3O4/c28-22(25-18-9-3-1-4-10-18)16-27-23(29)15-21(26-24(27)30)17-8-7-13-20(14-17)31-19-11-5-2-6-12-19/h2,5-8,11-14,18,21H,1,3-4,9-10,15-16H2,(H,25,28)(H,26,30)/t21-/m0/s1. The molecular weight excluding hydrogens is 394 g/mol. The minimum atomic E-state index is -0.547. The zero-order valence-electron chi connectivity index (χ0n) is 17.4. The number of imide groups is 1. The average Bonchev–Trinajstić information content (AvgIpc) is 2.78. The normalized spacial score (nSPS) is 19.6. The molecule has 0 aromatic heterocycles. The highest BCUT2D eigenvalue weighted by molar-refractivity contribution is 6.00. The van der Waals surface area contributed by atoms with Crippen LogP contribution in [0, 0.1) is 0 Å². The van der Waals surface area contributed by atoms with Crippen LogP contribution in [0.15, 0.2) is 54.6 Å². The maximum atomic E-state index is 12.6. The van der Waals surface area contributed by atoms with E-state index >= 15 is 0 Å². The maximum Gasteiger partial charge on any atom is 0.325 e. The number of urea groups is 1. The predicted octanol–water partition coefficient (Wildman–Crippen LogP) is 3.91. The molecular formula is C24H27N3O4. The number of nitrogens with one attached hydrogen (secondary N) is 2. The Balaban J connectivity index is 1.36. The van der Waals surface area contributed by atoms with Gasteiger partial charge in [0, 0.05) is 6.04 Å². The van der Waals surface area contributed by atoms with E-state index in [0.717, 1.165) is 36.1 Å². The second-order valence-corrected chi connectivity index (χ2v) is 8.08. The summed E-state index contributed by atoms with van der Waals surface area (Å²) in [5.74, 6) is 0.687. The van der Waals surface area contributed by atoms with Gasteiger partial charge in [0.15, 0.2) is 0 Å². The van der Waals surface area contributed by atoms with Gasteiger partial charge in [0.1, 0.15) is 18.0 Å². The smallest absolute Gasteiger partial charge is 0.325 e. The van der Waals surface area contributed by atoms with Crippen molar-refractivity contribution in [3.8, 4) is 11.5 Å². The van der Waals surface area contributed by atoms with E-state index in [2.05, 4.69) is 10.6 Å². The molecule has 162 valence electrons. The number of ether oxygens (including phenoxy) is 1. The molecule has 4 amide bonds. The molecule has 2 N–H and O–H groups in total. The lowest BCUT2D eigenvalue weighted by atomic mass is 9.95. The van der Waals surface area contributed by atoms with Gasteiger partial charge in [0.05, 0.1) is 12.5 Å². The van der Waals surface area contributed by atoms with Crippen molar-refractivity contribution in [2.24, 2.45) is 0 Å². The van der Waals surface area contributed by atoms with E-state index in [4.69, 9.17) is 4.74 Å². The van der Waals surface area contributed by atoms with Gasteiger partial charge >= 0.3 is 6.03 Å². The fraction of sp³-hybridized carbons (Fsp3) is 0.375. The predicted molar refractivity (Wildman–Crippen MR) is 116 cm³/mol. The van der Waals surface area contributed by atoms with Crippen molar-refractivity contribution in [2.45, 2.75) is 50.6 Å². The SMILES string of the molecule is O=C(CN1C(=O)C[C@@H](c2cccc(Oc3ccccc3)c2)NC1=O)NC1CCCCC1. The summed E-state index contributed by atoms with van der Waals surface area (Å²) in [6.07, 6.45) is 5.39. The highest BCUT2D eigenvalue weighted by Crippen LogP contribution is 2.28. The first-order chi connectivity index (χ1) is 15.1. The quantitative estimate of drug-likeness (QED) is 0.740. The summed E-state index contributed by atoms with van der Waals surface area (Å²) in [5, 5.41) is 5.80. The number of hydrogen-bond donors (Lipinski definition) is 2. The van der Waals surface area contributed by atoms with Gasteiger partial charge in [-0.15, -0.1) is 0 Å². The molecule has 2 aliphatic rings. The number of nitrogens with zero attached hydrogens (tertiary/aromatic N) is 1. The van der Waals surface area contributed by atoms with E-state index in [1.54, 1.807) is 0 Å². The summed E-state index contributed by atoms with van der Waals surface area (Å²) < 4.78 is 5.85. The molecule has 2 aromatic rings. The Kier molecular flexibility index (Phi) is 6.50. The molecule has 1 aliphatic carbocycles. The fourth-order valence-corrected chi connectivity index (χ4v) is 4.12. The summed E-state index contributed by atoms with van der Waals surface area (Å²) in [7, 11) is 0. The summed E-state index contributed by atoms with van der Waals surface area (Å²) in [6.45, 7) is -0.245. The minimum absolute atomic E-state index is 0.0945. The lowest BCUT2D eigenvalue weighted by molar-refractivity contribution is -0.135. The van der Waals surface area contributed by atoms with Gasteiger partial charge in [0.25, 0.3) is 0 Å². The number of para-hydroxylation sites is 1. The summed E-state index contributed by atoms with van der Waals surface area (Å²) in [6, 6.07) is 15.8. The van der Waals surface area contributed by atoms with Crippen molar-refractivity contribution in [1.82, 2.24) is 15.5 Å². The molecule has 0 bridgehead atoms. The first-order valence-electron chi connectivity index (χ1n) is 10.8. The molecule has 0 spiro atoms. The van der Waals surface area contributed by atoms with Crippen molar-refractivity contribution in [3.05, 3.63) is 60.2 Å². The lowest BCUT2D eigenvalue weighted by Crippen LogP contribution is -2.54. The first kappa shape index (κ1) is 20.9. The number of carbonyl (C=O) groups is 3. The Morgan fingerprint density at radius 2 is 1.74 bits per heavy atom. The number of hydrogen-bond acceptors (Lipinski definition) is 4. The Labute approximate surface area is 181 Å². The zero-order valence-corrected chi connectivity index (χ0v) is 17.4. The molecule has 1 saturated heterocycles. The van der Waals surface area contributed by atoms with E-state index in [0.29, 0.717) is 11.5 Å². The van der Waals surface area contributed by atoms with Gasteiger partial charge in [-0.25, -0.2) is 4.79 Å². The van der Waals surface area contributed by atoms with Crippen molar-refractivity contribution in [3.63, 3.8) is 0 Å². The summed E-state index contributed by atoms with van der Waals surface area (Å²) in [5.41, 5.74) is 0.779. The molecule has 1 atom stereocenters. The van der Waals surface area contributed by atoms with Crippen LogP contribution in [0.4, 0.5) is 4.79 Å². The van der Waals surface area contributed by atoms with Crippen LogP contribution >= 0.6 is 0 Å². The topological polar surface area (TPSA) is 87.7 Å². The first-order valence-corrected chi connectivity index (χ1v) is 10.8. The van der Waals surface area contributed by atoms with E-state index < -0.39 is 12.1 Å². The van der Waals surface area contributed by atoms with Crippen LogP contribution in [0.5, 0.6) is 11.5 Å². The molecule has 1 saturated carbocycles. The molecule has 0 unspecified atom stereocenters. The average molecular weight is 421 g/mol. The molecule has 1 aliphatic heterocycles. The third kappa shape index (κ3) is 5.42. The van der Waals surface area contributed by atoms with Crippen LogP contribution in [0.2, 0.25) is 0 Å². The fourth-order valence-electron chi connectivity index (χ4n) is 4.12. The monoisotopic (exact) mass is 421 g/mol. The lowest BCUT2D eigenvalue weighted by Gasteiger charge is -2.32. The van der Waals surface area contributed by atoms with Crippen molar-refractivity contribution >= 4 is 17.8 Å². The van der Waals surface area contributed by atoms with Gasteiger partial charge in [0.2, 0.25) is 11.8 Å². The third-order valence-corrected chi connectivity index (χ3v) is 5.73. The Morgan fingerprint density at radius 1 is 1.00 bits per heavy atom. The molecule has 1 heterocycles. The van der Waals surface area contributed by atoms with Gasteiger partial charge in [-0.1, -0.05) is 49.6 Å². The second-order valence-electron chi connectivity index (χ2n) is 8.08. The highest BCUT2D eigenvalue weighted by atomic mass is 16.5. The molecule has 2 aromatic carbocycles. The number of carbonyl (C=O) groups excluding carboxylic acids is 3. The van der Waals surface area contributed by atoms with Crippen LogP contribution < -0.4 is 15.4 Å². The van der Waals surface area contributed by atoms with Crippen LogP contribution in [-0.2, 0) is 9.59 Å². The van der Waals surface area contributed by atoms with Crippen LogP contribution in [0.1, 0.15) is 50.1 Å².